The minimum Gasteiger partial charge on any atom is -0.244 e. The lowest BCUT2D eigenvalue weighted by molar-refractivity contribution is 1.22. The highest BCUT2D eigenvalue weighted by Crippen LogP contribution is 2.12. The quantitative estimate of drug-likeness (QED) is 0.430. The van der Waals surface area contributed by atoms with Crippen molar-refractivity contribution in [2.24, 2.45) is 10.2 Å². The molecule has 114 valence electrons. The van der Waals surface area contributed by atoms with Crippen LogP contribution in [0.2, 0.25) is 0 Å². The average Bonchev–Trinajstić information content (AvgIpc) is 2.65. The second-order valence-electron chi connectivity index (χ2n) is 5.17. The molecule has 6 heteroatoms. The molecule has 0 unspecified atom stereocenters. The van der Waals surface area contributed by atoms with Crippen LogP contribution in [0.25, 0.3) is 21.8 Å². The van der Waals surface area contributed by atoms with Gasteiger partial charge in [-0.05, 0) is 35.4 Å². The molecule has 0 fully saturated rings. The fraction of sp³-hybridized carbons (Fsp3) is 0. The Bertz CT molecular complexity index is 984. The van der Waals surface area contributed by atoms with Crippen molar-refractivity contribution in [3.63, 3.8) is 0 Å². The van der Waals surface area contributed by atoms with E-state index in [4.69, 9.17) is 0 Å². The van der Waals surface area contributed by atoms with Crippen molar-refractivity contribution in [2.75, 3.05) is 0 Å². The highest BCUT2D eigenvalue weighted by atomic mass is 15.2. The smallest absolute Gasteiger partial charge is 0.116 e. The summed E-state index contributed by atoms with van der Waals surface area (Å²) in [6, 6.07) is 11.7. The molecule has 0 amide bonds. The molecule has 2 aromatic heterocycles. The van der Waals surface area contributed by atoms with Crippen LogP contribution in [0.15, 0.2) is 71.6 Å². The first-order chi connectivity index (χ1) is 11.9. The number of nitrogens with zero attached hydrogens (tertiary/aromatic N) is 6. The van der Waals surface area contributed by atoms with Gasteiger partial charge in [0.15, 0.2) is 0 Å². The number of benzene rings is 2. The zero-order chi connectivity index (χ0) is 16.2. The van der Waals surface area contributed by atoms with Gasteiger partial charge in [-0.1, -0.05) is 12.1 Å². The summed E-state index contributed by atoms with van der Waals surface area (Å²) in [7, 11) is 0. The lowest BCUT2D eigenvalue weighted by Gasteiger charge is -1.97. The van der Waals surface area contributed by atoms with Crippen molar-refractivity contribution in [1.29, 1.82) is 0 Å². The van der Waals surface area contributed by atoms with Gasteiger partial charge in [-0.3, -0.25) is 0 Å². The second-order valence-corrected chi connectivity index (χ2v) is 5.17. The maximum Gasteiger partial charge on any atom is 0.116 e. The molecule has 24 heavy (non-hydrogen) atoms. The van der Waals surface area contributed by atoms with E-state index in [0.717, 1.165) is 32.9 Å². The molecule has 0 atom stereocenters. The lowest BCUT2D eigenvalue weighted by atomic mass is 10.2. The summed E-state index contributed by atoms with van der Waals surface area (Å²) in [5, 5.41) is 10.1. The fourth-order valence-electron chi connectivity index (χ4n) is 2.37. The number of rotatable bonds is 3. The molecule has 0 N–H and O–H groups in total. The van der Waals surface area contributed by atoms with Crippen molar-refractivity contribution >= 4 is 34.2 Å². The van der Waals surface area contributed by atoms with Crippen LogP contribution in [0.4, 0.5) is 0 Å². The summed E-state index contributed by atoms with van der Waals surface area (Å²) in [4.78, 5) is 16.4. The van der Waals surface area contributed by atoms with E-state index in [1.54, 1.807) is 24.8 Å². The van der Waals surface area contributed by atoms with E-state index in [1.807, 2.05) is 36.4 Å². The van der Waals surface area contributed by atoms with Gasteiger partial charge < -0.3 is 0 Å². The van der Waals surface area contributed by atoms with Gasteiger partial charge in [-0.2, -0.15) is 10.2 Å². The van der Waals surface area contributed by atoms with Crippen LogP contribution < -0.4 is 0 Å². The zero-order valence-electron chi connectivity index (χ0n) is 12.6. The zero-order valence-corrected chi connectivity index (χ0v) is 12.6. The number of hydrogen-bond acceptors (Lipinski definition) is 6. The van der Waals surface area contributed by atoms with Crippen molar-refractivity contribution in [3.05, 3.63) is 72.6 Å². The molecule has 4 rings (SSSR count). The molecule has 0 aliphatic rings. The van der Waals surface area contributed by atoms with Gasteiger partial charge in [0.25, 0.3) is 0 Å². The molecule has 0 spiro atoms. The van der Waals surface area contributed by atoms with Crippen LogP contribution in [0.1, 0.15) is 11.1 Å². The van der Waals surface area contributed by atoms with E-state index in [0.29, 0.717) is 0 Å². The van der Waals surface area contributed by atoms with E-state index in [9.17, 15) is 0 Å². The molecule has 6 nitrogen and oxygen atoms in total. The molecule has 0 aliphatic heterocycles. The topological polar surface area (TPSA) is 76.3 Å². The minimum absolute atomic E-state index is 0.907. The van der Waals surface area contributed by atoms with Crippen LogP contribution in [0.3, 0.4) is 0 Å². The van der Waals surface area contributed by atoms with E-state index in [1.165, 1.54) is 12.7 Å². The van der Waals surface area contributed by atoms with Gasteiger partial charge in [0.2, 0.25) is 0 Å². The summed E-state index contributed by atoms with van der Waals surface area (Å²) in [5.74, 6) is 0. The van der Waals surface area contributed by atoms with Crippen molar-refractivity contribution in [3.8, 4) is 0 Å². The number of aromatic nitrogens is 4. The molecule has 4 aromatic rings. The third-order valence-corrected chi connectivity index (χ3v) is 3.54. The molecule has 0 saturated heterocycles. The number of fused-ring (bicyclic) bond motifs is 2. The third-order valence-electron chi connectivity index (χ3n) is 3.54. The van der Waals surface area contributed by atoms with Crippen molar-refractivity contribution in [2.45, 2.75) is 0 Å². The summed E-state index contributed by atoms with van der Waals surface area (Å²) in [6.07, 6.45) is 10.0. The average molecular weight is 312 g/mol. The Balaban J connectivity index is 1.53. The van der Waals surface area contributed by atoms with Crippen molar-refractivity contribution in [1.82, 2.24) is 19.9 Å². The standard InChI is InChI=1S/C18H12N6/c1-3-17-15(9-19-11-21-17)5-13(1)7-23-24-8-14-2-4-18-16(6-14)10-20-12-22-18/h1-12H/b23-7+,24-8+. The highest BCUT2D eigenvalue weighted by molar-refractivity contribution is 5.90. The molecular weight excluding hydrogens is 300 g/mol. The molecular formula is C18H12N6. The summed E-state index contributed by atoms with van der Waals surface area (Å²) in [6.45, 7) is 0. The fourth-order valence-corrected chi connectivity index (χ4v) is 2.37. The first kappa shape index (κ1) is 14.1. The van der Waals surface area contributed by atoms with Gasteiger partial charge in [-0.15, -0.1) is 0 Å². The highest BCUT2D eigenvalue weighted by Gasteiger charge is 1.96. The normalized spacial score (nSPS) is 11.8. The predicted octanol–water partition coefficient (Wildman–Crippen LogP) is 3.03. The van der Waals surface area contributed by atoms with Gasteiger partial charge in [-0.25, -0.2) is 19.9 Å². The molecule has 2 aromatic carbocycles. The molecule has 0 bridgehead atoms. The Labute approximate surface area is 137 Å². The van der Waals surface area contributed by atoms with E-state index in [2.05, 4.69) is 30.1 Å². The van der Waals surface area contributed by atoms with Gasteiger partial charge in [0.05, 0.1) is 23.5 Å². The van der Waals surface area contributed by atoms with Crippen LogP contribution in [-0.4, -0.2) is 32.4 Å². The predicted molar refractivity (Wildman–Crippen MR) is 94.3 cm³/mol. The Morgan fingerprint density at radius 3 is 1.67 bits per heavy atom. The second kappa shape index (κ2) is 6.29. The minimum atomic E-state index is 0.907. The first-order valence-corrected chi connectivity index (χ1v) is 7.34. The van der Waals surface area contributed by atoms with Crippen LogP contribution >= 0.6 is 0 Å². The maximum absolute atomic E-state index is 4.19. The van der Waals surface area contributed by atoms with Crippen LogP contribution in [0, 0.1) is 0 Å². The van der Waals surface area contributed by atoms with Gasteiger partial charge >= 0.3 is 0 Å². The van der Waals surface area contributed by atoms with E-state index in [-0.39, 0.29) is 0 Å². The van der Waals surface area contributed by atoms with E-state index >= 15 is 0 Å². The first-order valence-electron chi connectivity index (χ1n) is 7.34. The van der Waals surface area contributed by atoms with Crippen LogP contribution in [-0.2, 0) is 0 Å². The lowest BCUT2D eigenvalue weighted by Crippen LogP contribution is -1.86. The van der Waals surface area contributed by atoms with Gasteiger partial charge in [0, 0.05) is 23.2 Å². The van der Waals surface area contributed by atoms with E-state index < -0.39 is 0 Å². The molecule has 0 aliphatic carbocycles. The van der Waals surface area contributed by atoms with Crippen molar-refractivity contribution < 1.29 is 0 Å². The summed E-state index contributed by atoms with van der Waals surface area (Å²) < 4.78 is 0. The van der Waals surface area contributed by atoms with Crippen LogP contribution in [0.5, 0.6) is 0 Å². The Morgan fingerprint density at radius 2 is 1.17 bits per heavy atom. The Hall–Kier alpha value is -3.54. The Morgan fingerprint density at radius 1 is 0.667 bits per heavy atom. The maximum atomic E-state index is 4.19. The molecule has 0 saturated carbocycles. The molecule has 2 heterocycles. The summed E-state index contributed by atoms with van der Waals surface area (Å²) >= 11 is 0. The molecule has 0 radical (unpaired) electrons. The summed E-state index contributed by atoms with van der Waals surface area (Å²) in [5.41, 5.74) is 3.70. The third kappa shape index (κ3) is 2.98. The SMILES string of the molecule is C(=N\N=C\c1ccc2ncncc2c1)/c1ccc2ncncc2c1. The largest absolute Gasteiger partial charge is 0.244 e. The van der Waals surface area contributed by atoms with Gasteiger partial charge in [0.1, 0.15) is 12.7 Å². The number of hydrogen-bond donors (Lipinski definition) is 0. The monoisotopic (exact) mass is 312 g/mol. The Kier molecular flexibility index (Phi) is 3.69.